The van der Waals surface area contributed by atoms with Crippen molar-refractivity contribution < 1.29 is 23.1 Å². The van der Waals surface area contributed by atoms with Gasteiger partial charge in [-0.1, -0.05) is 28.1 Å². The minimum Gasteiger partial charge on any atom is -0.481 e. The number of halogens is 3. The molecule has 0 heterocycles. The topological polar surface area (TPSA) is 81.4 Å². The smallest absolute Gasteiger partial charge is 0.257 e. The van der Waals surface area contributed by atoms with Gasteiger partial charge in [0.2, 0.25) is 5.91 Å². The van der Waals surface area contributed by atoms with Crippen LogP contribution in [0.15, 0.2) is 46.9 Å². The van der Waals surface area contributed by atoms with Crippen LogP contribution >= 0.6 is 15.9 Å². The van der Waals surface area contributed by atoms with Crippen molar-refractivity contribution in [3.8, 4) is 5.75 Å². The Morgan fingerprint density at radius 3 is 2.46 bits per heavy atom. The molecule has 5 nitrogen and oxygen atoms in total. The molecule has 8 heteroatoms. The Kier molecular flexibility index (Phi) is 7.08. The molecule has 2 aromatic carbocycles. The van der Waals surface area contributed by atoms with Crippen LogP contribution in [0.25, 0.3) is 0 Å². The summed E-state index contributed by atoms with van der Waals surface area (Å²) in [4.78, 5) is 23.4. The molecule has 1 unspecified atom stereocenters. The Morgan fingerprint density at radius 1 is 1.15 bits per heavy atom. The second-order valence-corrected chi connectivity index (χ2v) is 6.51. The molecule has 2 rings (SSSR count). The molecule has 0 saturated heterocycles. The number of nitrogens with two attached hydrogens (primary N) is 1. The fourth-order valence-corrected chi connectivity index (χ4v) is 2.54. The maximum atomic E-state index is 13.6. The van der Waals surface area contributed by atoms with Gasteiger partial charge >= 0.3 is 0 Å². The summed E-state index contributed by atoms with van der Waals surface area (Å²) < 4.78 is 32.2. The van der Waals surface area contributed by atoms with Gasteiger partial charge in [-0.2, -0.15) is 0 Å². The predicted molar refractivity (Wildman–Crippen MR) is 95.4 cm³/mol. The van der Waals surface area contributed by atoms with Gasteiger partial charge in [-0.15, -0.1) is 0 Å². The van der Waals surface area contributed by atoms with Crippen LogP contribution in [0.5, 0.6) is 5.75 Å². The number of hydrogen-bond acceptors (Lipinski definition) is 3. The van der Waals surface area contributed by atoms with E-state index < -0.39 is 30.2 Å². The van der Waals surface area contributed by atoms with Crippen LogP contribution < -0.4 is 15.8 Å². The van der Waals surface area contributed by atoms with Crippen LogP contribution in [0.3, 0.4) is 0 Å². The number of ether oxygens (including phenoxy) is 1. The van der Waals surface area contributed by atoms with Crippen molar-refractivity contribution in [1.29, 1.82) is 0 Å². The Morgan fingerprint density at radius 2 is 1.85 bits per heavy atom. The first kappa shape index (κ1) is 19.8. The van der Waals surface area contributed by atoms with Crippen LogP contribution in [0.4, 0.5) is 8.78 Å². The average Bonchev–Trinajstić information content (AvgIpc) is 2.59. The van der Waals surface area contributed by atoms with Gasteiger partial charge in [0.15, 0.2) is 18.2 Å². The molecule has 2 aromatic rings. The molecule has 26 heavy (non-hydrogen) atoms. The molecule has 0 aliphatic carbocycles. The third-order valence-electron chi connectivity index (χ3n) is 3.60. The van der Waals surface area contributed by atoms with E-state index in [1.807, 2.05) is 0 Å². The van der Waals surface area contributed by atoms with Gasteiger partial charge in [-0.25, -0.2) is 8.78 Å². The number of amides is 2. The molecular formula is C18H17BrF2N2O3. The zero-order valence-corrected chi connectivity index (χ0v) is 15.3. The largest absolute Gasteiger partial charge is 0.481 e. The second kappa shape index (κ2) is 9.28. The number of carbonyl (C=O) groups excluding carboxylic acids is 2. The first-order valence-electron chi connectivity index (χ1n) is 7.73. The van der Waals surface area contributed by atoms with E-state index >= 15 is 0 Å². The SMILES string of the molecule is NC(=O)C(CNC(=O)COc1ccc(Br)cc1F)Cc1ccc(F)cc1. The fraction of sp³-hybridized carbons (Fsp3) is 0.222. The van der Waals surface area contributed by atoms with E-state index in [1.54, 1.807) is 18.2 Å². The molecule has 0 saturated carbocycles. The molecule has 1 atom stereocenters. The quantitative estimate of drug-likeness (QED) is 0.680. The molecule has 0 spiro atoms. The Bertz CT molecular complexity index is 785. The molecule has 0 fully saturated rings. The second-order valence-electron chi connectivity index (χ2n) is 5.60. The van der Waals surface area contributed by atoms with Gasteiger partial charge in [0.05, 0.1) is 5.92 Å². The number of hydrogen-bond donors (Lipinski definition) is 2. The number of nitrogens with one attached hydrogen (secondary N) is 1. The third-order valence-corrected chi connectivity index (χ3v) is 4.09. The zero-order chi connectivity index (χ0) is 19.1. The molecule has 138 valence electrons. The standard InChI is InChI=1S/C18H17BrF2N2O3/c19-13-3-6-16(15(21)8-13)26-10-17(24)23-9-12(18(22)25)7-11-1-4-14(20)5-2-11/h1-6,8,12H,7,9-10H2,(H2,22,25)(H,23,24). The van der Waals surface area contributed by atoms with E-state index in [2.05, 4.69) is 21.2 Å². The first-order chi connectivity index (χ1) is 12.3. The van der Waals surface area contributed by atoms with Gasteiger partial charge in [-0.05, 0) is 42.3 Å². The number of carbonyl (C=O) groups is 2. The highest BCUT2D eigenvalue weighted by molar-refractivity contribution is 9.10. The number of rotatable bonds is 8. The Hall–Kier alpha value is -2.48. The molecule has 0 bridgehead atoms. The summed E-state index contributed by atoms with van der Waals surface area (Å²) in [6.07, 6.45) is 0.262. The summed E-state index contributed by atoms with van der Waals surface area (Å²) in [5.74, 6) is -2.80. The van der Waals surface area contributed by atoms with Crippen molar-refractivity contribution in [2.45, 2.75) is 6.42 Å². The van der Waals surface area contributed by atoms with Gasteiger partial charge in [-0.3, -0.25) is 9.59 Å². The molecule has 0 aliphatic heterocycles. The maximum Gasteiger partial charge on any atom is 0.257 e. The highest BCUT2D eigenvalue weighted by atomic mass is 79.9. The Labute approximate surface area is 157 Å². The zero-order valence-electron chi connectivity index (χ0n) is 13.7. The maximum absolute atomic E-state index is 13.6. The van der Waals surface area contributed by atoms with Crippen LogP contribution in [-0.4, -0.2) is 25.0 Å². The van der Waals surface area contributed by atoms with Crippen molar-refractivity contribution in [1.82, 2.24) is 5.32 Å². The van der Waals surface area contributed by atoms with Crippen LogP contribution in [0.1, 0.15) is 5.56 Å². The summed E-state index contributed by atoms with van der Waals surface area (Å²) in [5, 5.41) is 2.53. The van der Waals surface area contributed by atoms with E-state index in [1.165, 1.54) is 24.3 Å². The van der Waals surface area contributed by atoms with Crippen molar-refractivity contribution in [2.75, 3.05) is 13.2 Å². The van der Waals surface area contributed by atoms with E-state index in [-0.39, 0.29) is 24.5 Å². The molecule has 0 radical (unpaired) electrons. The lowest BCUT2D eigenvalue weighted by Gasteiger charge is -2.15. The summed E-state index contributed by atoms with van der Waals surface area (Å²) in [6, 6.07) is 9.87. The summed E-state index contributed by atoms with van der Waals surface area (Å²) in [5.41, 5.74) is 6.07. The molecule has 3 N–H and O–H groups in total. The Balaban J connectivity index is 1.84. The lowest BCUT2D eigenvalue weighted by atomic mass is 9.98. The highest BCUT2D eigenvalue weighted by Gasteiger charge is 2.17. The average molecular weight is 427 g/mol. The van der Waals surface area contributed by atoms with Crippen LogP contribution in [0, 0.1) is 17.6 Å². The van der Waals surface area contributed by atoms with Crippen molar-refractivity contribution in [3.05, 3.63) is 64.1 Å². The monoisotopic (exact) mass is 426 g/mol. The molecular weight excluding hydrogens is 410 g/mol. The lowest BCUT2D eigenvalue weighted by molar-refractivity contribution is -0.124. The first-order valence-corrected chi connectivity index (χ1v) is 8.52. The van der Waals surface area contributed by atoms with Crippen molar-refractivity contribution in [2.24, 2.45) is 11.7 Å². The minimum absolute atomic E-state index is 0.00226. The normalized spacial score (nSPS) is 11.7. The number of primary amides is 1. The summed E-state index contributed by atoms with van der Waals surface area (Å²) in [7, 11) is 0. The van der Waals surface area contributed by atoms with E-state index in [4.69, 9.17) is 10.5 Å². The van der Waals surface area contributed by atoms with Gasteiger partial charge < -0.3 is 15.8 Å². The molecule has 2 amide bonds. The lowest BCUT2D eigenvalue weighted by Crippen LogP contribution is -2.39. The van der Waals surface area contributed by atoms with Gasteiger partial charge in [0.25, 0.3) is 5.91 Å². The third kappa shape index (κ3) is 6.11. The van der Waals surface area contributed by atoms with E-state index in [0.717, 1.165) is 5.56 Å². The predicted octanol–water partition coefficient (Wildman–Crippen LogP) is 2.57. The van der Waals surface area contributed by atoms with Gasteiger partial charge in [0, 0.05) is 11.0 Å². The van der Waals surface area contributed by atoms with Crippen LogP contribution in [-0.2, 0) is 16.0 Å². The minimum atomic E-state index is -0.658. The fourth-order valence-electron chi connectivity index (χ4n) is 2.20. The number of benzene rings is 2. The molecule has 0 aliphatic rings. The van der Waals surface area contributed by atoms with Crippen LogP contribution in [0.2, 0.25) is 0 Å². The molecule has 0 aromatic heterocycles. The summed E-state index contributed by atoms with van der Waals surface area (Å²) in [6.45, 7) is -0.404. The van der Waals surface area contributed by atoms with Crippen molar-refractivity contribution >= 4 is 27.7 Å². The van der Waals surface area contributed by atoms with E-state index in [9.17, 15) is 18.4 Å². The summed E-state index contributed by atoms with van der Waals surface area (Å²) >= 11 is 3.12. The van der Waals surface area contributed by atoms with Crippen molar-refractivity contribution in [3.63, 3.8) is 0 Å². The van der Waals surface area contributed by atoms with Gasteiger partial charge in [0.1, 0.15) is 5.82 Å². The van der Waals surface area contributed by atoms with E-state index in [0.29, 0.717) is 4.47 Å². The highest BCUT2D eigenvalue weighted by Crippen LogP contribution is 2.21.